The number of carbonyl (C=O) groups excluding carboxylic acids is 1. The van der Waals surface area contributed by atoms with Crippen molar-refractivity contribution < 1.29 is 9.53 Å². The van der Waals surface area contributed by atoms with E-state index in [4.69, 9.17) is 4.74 Å². The molecule has 4 heteroatoms. The third kappa shape index (κ3) is 4.85. The molecule has 3 nitrogen and oxygen atoms in total. The average Bonchev–Trinajstić information content (AvgIpc) is 2.92. The van der Waals surface area contributed by atoms with Crippen LogP contribution >= 0.6 is 11.3 Å². The Morgan fingerprint density at radius 3 is 2.52 bits per heavy atom. The van der Waals surface area contributed by atoms with E-state index in [2.05, 4.69) is 31.3 Å². The van der Waals surface area contributed by atoms with Crippen molar-refractivity contribution in [2.24, 2.45) is 0 Å². The molecule has 1 saturated carbocycles. The summed E-state index contributed by atoms with van der Waals surface area (Å²) in [5.41, 5.74) is 3.33. The first-order valence-electron chi connectivity index (χ1n) is 9.21. The zero-order chi connectivity index (χ0) is 17.6. The van der Waals surface area contributed by atoms with Crippen molar-refractivity contribution in [3.8, 4) is 5.75 Å². The van der Waals surface area contributed by atoms with Crippen LogP contribution in [0.4, 0.5) is 0 Å². The fourth-order valence-corrected chi connectivity index (χ4v) is 4.23. The molecule has 1 fully saturated rings. The number of thiophene rings is 1. The number of hydrogen-bond donors (Lipinski definition) is 1. The summed E-state index contributed by atoms with van der Waals surface area (Å²) in [6, 6.07) is 8.46. The molecule has 1 aromatic carbocycles. The van der Waals surface area contributed by atoms with Gasteiger partial charge in [-0.1, -0.05) is 43.9 Å². The molecule has 0 radical (unpaired) electrons. The summed E-state index contributed by atoms with van der Waals surface area (Å²) in [4.78, 5) is 13.3. The van der Waals surface area contributed by atoms with E-state index in [0.29, 0.717) is 12.6 Å². The summed E-state index contributed by atoms with van der Waals surface area (Å²) in [5, 5.41) is 5.23. The number of hydrogen-bond acceptors (Lipinski definition) is 3. The second kappa shape index (κ2) is 8.52. The summed E-state index contributed by atoms with van der Waals surface area (Å²) in [7, 11) is 0. The van der Waals surface area contributed by atoms with Crippen LogP contribution in [0.25, 0.3) is 0 Å². The van der Waals surface area contributed by atoms with Crippen molar-refractivity contribution in [2.45, 2.75) is 65.0 Å². The Kier molecular flexibility index (Phi) is 6.14. The fourth-order valence-electron chi connectivity index (χ4n) is 3.43. The van der Waals surface area contributed by atoms with E-state index >= 15 is 0 Å². The molecule has 0 spiro atoms. The number of carbonyl (C=O) groups is 1. The zero-order valence-corrected chi connectivity index (χ0v) is 16.0. The predicted octanol–water partition coefficient (Wildman–Crippen LogP) is 5.40. The second-order valence-corrected chi connectivity index (χ2v) is 7.90. The quantitative estimate of drug-likeness (QED) is 0.728. The maximum atomic E-state index is 12.5. The van der Waals surface area contributed by atoms with Crippen LogP contribution in [0.15, 0.2) is 29.6 Å². The van der Waals surface area contributed by atoms with Crippen molar-refractivity contribution in [3.05, 3.63) is 51.2 Å². The first-order valence-corrected chi connectivity index (χ1v) is 10.1. The van der Waals surface area contributed by atoms with Crippen LogP contribution in [0.3, 0.4) is 0 Å². The molecule has 0 aliphatic heterocycles. The van der Waals surface area contributed by atoms with Crippen LogP contribution in [-0.4, -0.2) is 11.9 Å². The van der Waals surface area contributed by atoms with Gasteiger partial charge in [-0.25, -0.2) is 0 Å². The number of benzene rings is 1. The Hall–Kier alpha value is -1.81. The number of rotatable bonds is 5. The molecular formula is C21H27NO2S. The van der Waals surface area contributed by atoms with Gasteiger partial charge in [-0.3, -0.25) is 4.79 Å². The summed E-state index contributed by atoms with van der Waals surface area (Å²) in [5.74, 6) is 1.01. The van der Waals surface area contributed by atoms with Crippen LogP contribution in [-0.2, 0) is 6.61 Å². The molecular weight excluding hydrogens is 330 g/mol. The van der Waals surface area contributed by atoms with Gasteiger partial charge in [0.2, 0.25) is 0 Å². The number of nitrogens with one attached hydrogen (secondary N) is 1. The average molecular weight is 358 g/mol. The van der Waals surface area contributed by atoms with Gasteiger partial charge in [0.05, 0.1) is 4.88 Å². The second-order valence-electron chi connectivity index (χ2n) is 6.99. The summed E-state index contributed by atoms with van der Waals surface area (Å²) < 4.78 is 5.99. The van der Waals surface area contributed by atoms with E-state index in [1.807, 2.05) is 17.5 Å². The van der Waals surface area contributed by atoms with E-state index in [1.165, 1.54) is 37.0 Å². The van der Waals surface area contributed by atoms with Gasteiger partial charge < -0.3 is 10.1 Å². The molecule has 1 heterocycles. The molecule has 1 aliphatic carbocycles. The highest BCUT2D eigenvalue weighted by Crippen LogP contribution is 2.25. The summed E-state index contributed by atoms with van der Waals surface area (Å²) in [6.07, 6.45) is 7.27. The summed E-state index contributed by atoms with van der Waals surface area (Å²) >= 11 is 1.50. The number of para-hydroxylation sites is 1. The standard InChI is InChI=1S/C21H27NO2S/c1-15-8-7-9-16(2)20(15)24-13-17-12-19(25-14-17)21(23)22-18-10-5-3-4-6-11-18/h7-9,12,14,18H,3-6,10-11,13H2,1-2H3,(H,22,23). The van der Waals surface area contributed by atoms with Crippen LogP contribution in [0, 0.1) is 13.8 Å². The lowest BCUT2D eigenvalue weighted by molar-refractivity contribution is 0.0937. The topological polar surface area (TPSA) is 38.3 Å². The highest BCUT2D eigenvalue weighted by Gasteiger charge is 2.17. The Bertz CT molecular complexity index is 694. The third-order valence-corrected chi connectivity index (χ3v) is 5.84. The van der Waals surface area contributed by atoms with Crippen LogP contribution in [0.2, 0.25) is 0 Å². The van der Waals surface area contributed by atoms with E-state index in [0.717, 1.165) is 40.2 Å². The van der Waals surface area contributed by atoms with Crippen LogP contribution in [0.1, 0.15) is 64.9 Å². The predicted molar refractivity (Wildman–Crippen MR) is 104 cm³/mol. The normalized spacial score (nSPS) is 15.6. The van der Waals surface area contributed by atoms with Crippen LogP contribution < -0.4 is 10.1 Å². The number of amides is 1. The Morgan fingerprint density at radius 2 is 1.84 bits per heavy atom. The molecule has 134 valence electrons. The van der Waals surface area contributed by atoms with E-state index < -0.39 is 0 Å². The van der Waals surface area contributed by atoms with Crippen molar-refractivity contribution in [1.29, 1.82) is 0 Å². The van der Waals surface area contributed by atoms with Crippen molar-refractivity contribution >= 4 is 17.2 Å². The van der Waals surface area contributed by atoms with Gasteiger partial charge in [0.1, 0.15) is 12.4 Å². The minimum atomic E-state index is 0.0650. The number of ether oxygens (including phenoxy) is 1. The fraction of sp³-hybridized carbons (Fsp3) is 0.476. The lowest BCUT2D eigenvalue weighted by Crippen LogP contribution is -2.33. The zero-order valence-electron chi connectivity index (χ0n) is 15.1. The maximum Gasteiger partial charge on any atom is 0.261 e. The van der Waals surface area contributed by atoms with Crippen LogP contribution in [0.5, 0.6) is 5.75 Å². The molecule has 1 aromatic heterocycles. The molecule has 25 heavy (non-hydrogen) atoms. The van der Waals surface area contributed by atoms with E-state index in [9.17, 15) is 4.79 Å². The Labute approximate surface area is 154 Å². The minimum Gasteiger partial charge on any atom is -0.488 e. The lowest BCUT2D eigenvalue weighted by Gasteiger charge is -2.15. The van der Waals surface area contributed by atoms with Gasteiger partial charge in [0, 0.05) is 11.6 Å². The van der Waals surface area contributed by atoms with Gasteiger partial charge in [-0.15, -0.1) is 11.3 Å². The van der Waals surface area contributed by atoms with Gasteiger partial charge in [-0.05, 0) is 49.3 Å². The van der Waals surface area contributed by atoms with Crippen molar-refractivity contribution in [1.82, 2.24) is 5.32 Å². The highest BCUT2D eigenvalue weighted by molar-refractivity contribution is 7.12. The van der Waals surface area contributed by atoms with Gasteiger partial charge >= 0.3 is 0 Å². The molecule has 1 N–H and O–H groups in total. The van der Waals surface area contributed by atoms with Crippen molar-refractivity contribution in [2.75, 3.05) is 0 Å². The van der Waals surface area contributed by atoms with E-state index in [1.54, 1.807) is 0 Å². The van der Waals surface area contributed by atoms with Gasteiger partial charge in [0.25, 0.3) is 5.91 Å². The minimum absolute atomic E-state index is 0.0650. The molecule has 1 amide bonds. The van der Waals surface area contributed by atoms with Crippen molar-refractivity contribution in [3.63, 3.8) is 0 Å². The first kappa shape index (κ1) is 18.0. The highest BCUT2D eigenvalue weighted by atomic mass is 32.1. The van der Waals surface area contributed by atoms with Gasteiger partial charge in [0.15, 0.2) is 0 Å². The maximum absolute atomic E-state index is 12.5. The molecule has 0 unspecified atom stereocenters. The van der Waals surface area contributed by atoms with Gasteiger partial charge in [-0.2, -0.15) is 0 Å². The SMILES string of the molecule is Cc1cccc(C)c1OCc1csc(C(=O)NC2CCCCCC2)c1. The lowest BCUT2D eigenvalue weighted by atomic mass is 10.1. The number of aryl methyl sites for hydroxylation is 2. The van der Waals surface area contributed by atoms with E-state index in [-0.39, 0.29) is 5.91 Å². The molecule has 1 aliphatic rings. The molecule has 0 saturated heterocycles. The molecule has 0 bridgehead atoms. The Balaban J connectivity index is 1.57. The molecule has 3 rings (SSSR count). The Morgan fingerprint density at radius 1 is 1.16 bits per heavy atom. The smallest absolute Gasteiger partial charge is 0.261 e. The molecule has 2 aromatic rings. The monoisotopic (exact) mass is 357 g/mol. The largest absolute Gasteiger partial charge is 0.488 e. The molecule has 0 atom stereocenters. The summed E-state index contributed by atoms with van der Waals surface area (Å²) in [6.45, 7) is 4.61. The third-order valence-electron chi connectivity index (χ3n) is 4.86. The first-order chi connectivity index (χ1) is 12.1.